The van der Waals surface area contributed by atoms with Crippen molar-refractivity contribution in [2.75, 3.05) is 17.7 Å². The molecular weight excluding hydrogens is 278 g/mol. The van der Waals surface area contributed by atoms with E-state index < -0.39 is 0 Å². The highest BCUT2D eigenvalue weighted by Crippen LogP contribution is 2.35. The van der Waals surface area contributed by atoms with Crippen molar-refractivity contribution in [2.24, 2.45) is 5.73 Å². The Morgan fingerprint density at radius 2 is 2.05 bits per heavy atom. The van der Waals surface area contributed by atoms with Crippen LogP contribution in [-0.4, -0.2) is 28.2 Å². The van der Waals surface area contributed by atoms with Crippen molar-refractivity contribution >= 4 is 11.8 Å². The number of nitrogens with two attached hydrogens (primary N) is 2. The number of phenols is 1. The number of nitrogens with zero attached hydrogens (tertiary/aromatic N) is 3. The molecule has 1 fully saturated rings. The van der Waals surface area contributed by atoms with Crippen molar-refractivity contribution in [2.45, 2.75) is 31.3 Å². The molecule has 0 aliphatic heterocycles. The van der Waals surface area contributed by atoms with Gasteiger partial charge in [0.2, 0.25) is 5.95 Å². The van der Waals surface area contributed by atoms with E-state index in [2.05, 4.69) is 9.97 Å². The molecule has 3 rings (SSSR count). The van der Waals surface area contributed by atoms with Crippen LogP contribution in [-0.2, 0) is 6.54 Å². The zero-order valence-electron chi connectivity index (χ0n) is 12.6. The Hall–Kier alpha value is -2.34. The molecule has 2 aromatic rings. The Labute approximate surface area is 129 Å². The molecule has 1 aliphatic rings. The van der Waals surface area contributed by atoms with Gasteiger partial charge in [0, 0.05) is 31.6 Å². The first-order valence-corrected chi connectivity index (χ1v) is 7.40. The zero-order chi connectivity index (χ0) is 15.7. The fourth-order valence-corrected chi connectivity index (χ4v) is 2.79. The molecule has 0 bridgehead atoms. The van der Waals surface area contributed by atoms with E-state index >= 15 is 0 Å². The van der Waals surface area contributed by atoms with Gasteiger partial charge in [0.25, 0.3) is 0 Å². The van der Waals surface area contributed by atoms with E-state index in [9.17, 15) is 5.11 Å². The lowest BCUT2D eigenvalue weighted by Crippen LogP contribution is -2.35. The van der Waals surface area contributed by atoms with Crippen LogP contribution < -0.4 is 16.4 Å². The van der Waals surface area contributed by atoms with Crippen molar-refractivity contribution in [3.63, 3.8) is 0 Å². The van der Waals surface area contributed by atoms with Crippen molar-refractivity contribution in [3.05, 3.63) is 41.6 Å². The Morgan fingerprint density at radius 1 is 1.27 bits per heavy atom. The van der Waals surface area contributed by atoms with E-state index in [4.69, 9.17) is 11.5 Å². The number of nitrogen functional groups attached to an aromatic ring is 1. The third-order valence-electron chi connectivity index (χ3n) is 4.06. The Morgan fingerprint density at radius 3 is 2.73 bits per heavy atom. The van der Waals surface area contributed by atoms with Gasteiger partial charge in [-0.1, -0.05) is 12.1 Å². The Kier molecular flexibility index (Phi) is 3.85. The van der Waals surface area contributed by atoms with Crippen molar-refractivity contribution in [1.29, 1.82) is 0 Å². The van der Waals surface area contributed by atoms with Gasteiger partial charge in [-0.15, -0.1) is 0 Å². The average molecular weight is 299 g/mol. The average Bonchev–Trinajstić information content (AvgIpc) is 2.43. The van der Waals surface area contributed by atoms with Crippen molar-refractivity contribution in [1.82, 2.24) is 9.97 Å². The van der Waals surface area contributed by atoms with E-state index in [1.54, 1.807) is 12.1 Å². The number of aromatic hydroxyl groups is 1. The maximum absolute atomic E-state index is 9.55. The van der Waals surface area contributed by atoms with Gasteiger partial charge in [-0.3, -0.25) is 0 Å². The number of rotatable bonds is 4. The highest BCUT2D eigenvalue weighted by molar-refractivity contribution is 5.45. The molecule has 0 saturated heterocycles. The number of hydrogen-bond acceptors (Lipinski definition) is 6. The smallest absolute Gasteiger partial charge is 0.222 e. The summed E-state index contributed by atoms with van der Waals surface area (Å²) in [6.45, 7) is 0.633. The van der Waals surface area contributed by atoms with Crippen molar-refractivity contribution in [3.8, 4) is 5.75 Å². The normalized spacial score (nSPS) is 20.5. The number of benzene rings is 1. The number of anilines is 2. The van der Waals surface area contributed by atoms with Crippen molar-refractivity contribution < 1.29 is 5.11 Å². The van der Waals surface area contributed by atoms with Gasteiger partial charge >= 0.3 is 0 Å². The van der Waals surface area contributed by atoms with Crippen LogP contribution >= 0.6 is 0 Å². The maximum atomic E-state index is 9.55. The minimum atomic E-state index is 0.261. The summed E-state index contributed by atoms with van der Waals surface area (Å²) in [7, 11) is 1.95. The largest absolute Gasteiger partial charge is 0.508 e. The second kappa shape index (κ2) is 5.81. The second-order valence-electron chi connectivity index (χ2n) is 5.96. The minimum Gasteiger partial charge on any atom is -0.508 e. The van der Waals surface area contributed by atoms with Gasteiger partial charge < -0.3 is 21.5 Å². The zero-order valence-corrected chi connectivity index (χ0v) is 12.6. The first kappa shape index (κ1) is 14.6. The summed E-state index contributed by atoms with van der Waals surface area (Å²) in [5.41, 5.74) is 13.7. The maximum Gasteiger partial charge on any atom is 0.222 e. The minimum absolute atomic E-state index is 0.261. The molecule has 116 valence electrons. The quantitative estimate of drug-likeness (QED) is 0.793. The summed E-state index contributed by atoms with van der Waals surface area (Å²) < 4.78 is 0. The standard InChI is InChI=1S/C16H21N5O/c1-21(9-10-3-2-4-13(22)5-10)15-8-14(19-16(18)20-15)11-6-12(17)7-11/h2-5,8,11-12,22H,6-7,9,17H2,1H3,(H2,18,19,20). The lowest BCUT2D eigenvalue weighted by molar-refractivity contribution is 0.345. The van der Waals surface area contributed by atoms with Crippen LogP contribution in [0.2, 0.25) is 0 Å². The number of phenolic OH excluding ortho intramolecular Hbond substituents is 1. The SMILES string of the molecule is CN(Cc1cccc(O)c1)c1cc(C2CC(N)C2)nc(N)n1. The van der Waals surface area contributed by atoms with Crippen LogP contribution in [0.3, 0.4) is 0 Å². The third-order valence-corrected chi connectivity index (χ3v) is 4.06. The van der Waals surface area contributed by atoms with E-state index in [1.165, 1.54) is 0 Å². The first-order valence-electron chi connectivity index (χ1n) is 7.40. The predicted molar refractivity (Wildman–Crippen MR) is 86.6 cm³/mol. The summed E-state index contributed by atoms with van der Waals surface area (Å²) in [5.74, 6) is 1.72. The molecule has 6 nitrogen and oxygen atoms in total. The number of aromatic nitrogens is 2. The van der Waals surface area contributed by atoms with Crippen LogP contribution in [0, 0.1) is 0 Å². The lowest BCUT2D eigenvalue weighted by atomic mass is 9.78. The highest BCUT2D eigenvalue weighted by Gasteiger charge is 2.29. The predicted octanol–water partition coefficient (Wildman–Crippen LogP) is 1.61. The van der Waals surface area contributed by atoms with Gasteiger partial charge in [0.1, 0.15) is 11.6 Å². The number of hydrogen-bond donors (Lipinski definition) is 3. The van der Waals surface area contributed by atoms with E-state index in [1.807, 2.05) is 30.1 Å². The van der Waals surface area contributed by atoms with Gasteiger partial charge in [-0.2, -0.15) is 4.98 Å². The molecule has 0 amide bonds. The molecule has 0 spiro atoms. The molecule has 6 heteroatoms. The van der Waals surface area contributed by atoms with E-state index in [0.717, 1.165) is 29.9 Å². The van der Waals surface area contributed by atoms with Crippen LogP contribution in [0.15, 0.2) is 30.3 Å². The third kappa shape index (κ3) is 3.12. The summed E-state index contributed by atoms with van der Waals surface area (Å²) in [5, 5.41) is 9.55. The molecule has 0 radical (unpaired) electrons. The molecule has 0 unspecified atom stereocenters. The molecule has 1 aromatic heterocycles. The Bertz CT molecular complexity index is 669. The Balaban J connectivity index is 1.78. The monoisotopic (exact) mass is 299 g/mol. The first-order chi connectivity index (χ1) is 10.5. The molecule has 1 aromatic carbocycles. The fourth-order valence-electron chi connectivity index (χ4n) is 2.79. The molecule has 1 aliphatic carbocycles. The van der Waals surface area contributed by atoms with E-state index in [0.29, 0.717) is 12.5 Å². The lowest BCUT2D eigenvalue weighted by Gasteiger charge is -2.32. The van der Waals surface area contributed by atoms with Crippen LogP contribution in [0.4, 0.5) is 11.8 Å². The van der Waals surface area contributed by atoms with Crippen LogP contribution in [0.5, 0.6) is 5.75 Å². The topological polar surface area (TPSA) is 101 Å². The molecule has 5 N–H and O–H groups in total. The fraction of sp³-hybridized carbons (Fsp3) is 0.375. The van der Waals surface area contributed by atoms with E-state index in [-0.39, 0.29) is 17.7 Å². The second-order valence-corrected chi connectivity index (χ2v) is 5.96. The van der Waals surface area contributed by atoms with Crippen LogP contribution in [0.25, 0.3) is 0 Å². The summed E-state index contributed by atoms with van der Waals surface area (Å²) in [6.07, 6.45) is 1.90. The summed E-state index contributed by atoms with van der Waals surface area (Å²) >= 11 is 0. The molecule has 1 saturated carbocycles. The molecule has 1 heterocycles. The van der Waals surface area contributed by atoms with Gasteiger partial charge in [-0.25, -0.2) is 4.98 Å². The van der Waals surface area contributed by atoms with Gasteiger partial charge in [0.15, 0.2) is 0 Å². The van der Waals surface area contributed by atoms with Gasteiger partial charge in [-0.05, 0) is 30.5 Å². The highest BCUT2D eigenvalue weighted by atomic mass is 16.3. The van der Waals surface area contributed by atoms with Crippen LogP contribution in [0.1, 0.15) is 30.0 Å². The summed E-state index contributed by atoms with van der Waals surface area (Å²) in [4.78, 5) is 10.6. The summed E-state index contributed by atoms with van der Waals surface area (Å²) in [6, 6.07) is 9.45. The molecule has 22 heavy (non-hydrogen) atoms. The molecular formula is C16H21N5O. The molecule has 0 atom stereocenters. The van der Waals surface area contributed by atoms with Gasteiger partial charge in [0.05, 0.1) is 5.69 Å².